The van der Waals surface area contributed by atoms with Gasteiger partial charge in [0, 0.05) is 23.5 Å². The van der Waals surface area contributed by atoms with E-state index in [-0.39, 0.29) is 0 Å². The monoisotopic (exact) mass is 295 g/mol. The Labute approximate surface area is 129 Å². The predicted molar refractivity (Wildman–Crippen MR) is 86.6 cm³/mol. The Morgan fingerprint density at radius 3 is 2.90 bits per heavy atom. The minimum Gasteiger partial charge on any atom is -0.320 e. The lowest BCUT2D eigenvalue weighted by atomic mass is 10.1. The van der Waals surface area contributed by atoms with Crippen LogP contribution in [-0.4, -0.2) is 18.5 Å². The first-order valence-electron chi connectivity index (χ1n) is 6.66. The zero-order valence-electron chi connectivity index (χ0n) is 12.0. The quantitative estimate of drug-likeness (QED) is 0.882. The van der Waals surface area contributed by atoms with Crippen LogP contribution in [0.1, 0.15) is 21.6 Å². The highest BCUT2D eigenvalue weighted by molar-refractivity contribution is 7.10. The molecule has 21 heavy (non-hydrogen) atoms. The van der Waals surface area contributed by atoms with Crippen molar-refractivity contribution in [3.63, 3.8) is 0 Å². The predicted octanol–water partition coefficient (Wildman–Crippen LogP) is 2.56. The third-order valence-electron chi connectivity index (χ3n) is 2.99. The van der Waals surface area contributed by atoms with Crippen LogP contribution in [0.2, 0.25) is 0 Å². The summed E-state index contributed by atoms with van der Waals surface area (Å²) < 4.78 is 0. The molecule has 106 valence electrons. The van der Waals surface area contributed by atoms with Gasteiger partial charge in [-0.1, -0.05) is 24.0 Å². The summed E-state index contributed by atoms with van der Waals surface area (Å²) >= 11 is 1.71. The molecule has 2 N–H and O–H groups in total. The fraction of sp³-hybridized carbons (Fsp3) is 0.235. The third-order valence-corrected chi connectivity index (χ3v) is 3.90. The van der Waals surface area contributed by atoms with E-state index in [1.807, 2.05) is 30.3 Å². The molecule has 0 spiro atoms. The molecule has 0 aliphatic heterocycles. The molecule has 0 atom stereocenters. The van der Waals surface area contributed by atoms with Crippen molar-refractivity contribution in [2.75, 3.05) is 13.6 Å². The van der Waals surface area contributed by atoms with E-state index in [9.17, 15) is 0 Å². The highest BCUT2D eigenvalue weighted by Crippen LogP contribution is 2.18. The van der Waals surface area contributed by atoms with Crippen LogP contribution in [-0.2, 0) is 13.1 Å². The van der Waals surface area contributed by atoms with Gasteiger partial charge in [-0.3, -0.25) is 4.90 Å². The molecule has 0 bridgehead atoms. The second-order valence-electron chi connectivity index (χ2n) is 4.75. The molecular weight excluding hydrogens is 278 g/mol. The molecule has 3 nitrogen and oxygen atoms in total. The molecule has 4 heteroatoms. The Morgan fingerprint density at radius 2 is 2.14 bits per heavy atom. The molecule has 0 unspecified atom stereocenters. The minimum atomic E-state index is 0.381. The number of nitrogens with two attached hydrogens (primary N) is 1. The highest BCUT2D eigenvalue weighted by Gasteiger charge is 2.07. The Morgan fingerprint density at radius 1 is 1.29 bits per heavy atom. The Hall–Kier alpha value is -2.11. The molecular formula is C17H17N3S. The first-order chi connectivity index (χ1) is 10.2. The normalized spacial score (nSPS) is 10.0. The molecule has 0 fully saturated rings. The zero-order chi connectivity index (χ0) is 15.1. The van der Waals surface area contributed by atoms with Gasteiger partial charge < -0.3 is 5.73 Å². The molecule has 0 radical (unpaired) electrons. The van der Waals surface area contributed by atoms with Crippen LogP contribution in [0.4, 0.5) is 0 Å². The first-order valence-corrected chi connectivity index (χ1v) is 7.54. The van der Waals surface area contributed by atoms with Crippen LogP contribution < -0.4 is 5.73 Å². The average molecular weight is 295 g/mol. The van der Waals surface area contributed by atoms with E-state index in [2.05, 4.69) is 35.2 Å². The molecule has 0 saturated carbocycles. The number of thiophene rings is 1. The van der Waals surface area contributed by atoms with Gasteiger partial charge in [-0.2, -0.15) is 5.26 Å². The van der Waals surface area contributed by atoms with Crippen LogP contribution in [0.15, 0.2) is 35.7 Å². The molecule has 0 amide bonds. The van der Waals surface area contributed by atoms with Gasteiger partial charge in [0.2, 0.25) is 0 Å². The summed E-state index contributed by atoms with van der Waals surface area (Å²) in [5, 5.41) is 11.0. The second-order valence-corrected chi connectivity index (χ2v) is 5.75. The van der Waals surface area contributed by atoms with Crippen molar-refractivity contribution < 1.29 is 0 Å². The third kappa shape index (κ3) is 4.44. The van der Waals surface area contributed by atoms with Gasteiger partial charge in [0.15, 0.2) is 0 Å². The first kappa shape index (κ1) is 15.3. The lowest BCUT2D eigenvalue weighted by Gasteiger charge is -2.16. The summed E-state index contributed by atoms with van der Waals surface area (Å²) in [5.41, 5.74) is 8.32. The van der Waals surface area contributed by atoms with Crippen molar-refractivity contribution in [3.8, 4) is 17.9 Å². The van der Waals surface area contributed by atoms with E-state index in [0.29, 0.717) is 12.1 Å². The maximum absolute atomic E-state index is 8.94. The summed E-state index contributed by atoms with van der Waals surface area (Å²) in [4.78, 5) is 3.46. The van der Waals surface area contributed by atoms with Crippen molar-refractivity contribution in [2.45, 2.75) is 13.1 Å². The number of hydrogen-bond acceptors (Lipinski definition) is 4. The molecule has 0 saturated heterocycles. The van der Waals surface area contributed by atoms with E-state index < -0.39 is 0 Å². The van der Waals surface area contributed by atoms with Crippen LogP contribution in [0.5, 0.6) is 0 Å². The molecule has 1 aromatic carbocycles. The van der Waals surface area contributed by atoms with Gasteiger partial charge in [0.05, 0.1) is 18.2 Å². The van der Waals surface area contributed by atoms with Crippen LogP contribution >= 0.6 is 11.3 Å². The Bertz CT molecular complexity index is 701. The minimum absolute atomic E-state index is 0.381. The molecule has 1 heterocycles. The van der Waals surface area contributed by atoms with Crippen molar-refractivity contribution >= 4 is 11.3 Å². The van der Waals surface area contributed by atoms with Crippen LogP contribution in [0.3, 0.4) is 0 Å². The van der Waals surface area contributed by atoms with Crippen molar-refractivity contribution in [1.29, 1.82) is 5.26 Å². The van der Waals surface area contributed by atoms with Crippen LogP contribution in [0, 0.1) is 23.2 Å². The lowest BCUT2D eigenvalue weighted by molar-refractivity contribution is 0.322. The summed E-state index contributed by atoms with van der Waals surface area (Å²) in [5.74, 6) is 6.01. The Balaban J connectivity index is 2.03. The van der Waals surface area contributed by atoms with Gasteiger partial charge >= 0.3 is 0 Å². The fourth-order valence-corrected chi connectivity index (χ4v) is 2.98. The van der Waals surface area contributed by atoms with E-state index in [4.69, 9.17) is 11.0 Å². The molecule has 1 aromatic heterocycles. The molecule has 2 rings (SSSR count). The van der Waals surface area contributed by atoms with E-state index in [0.717, 1.165) is 24.2 Å². The van der Waals surface area contributed by atoms with E-state index in [1.54, 1.807) is 11.3 Å². The Kier molecular flexibility index (Phi) is 5.54. The molecule has 0 aliphatic carbocycles. The number of benzene rings is 1. The number of rotatable bonds is 4. The smallest absolute Gasteiger partial charge is 0.0991 e. The number of nitriles is 1. The maximum Gasteiger partial charge on any atom is 0.0991 e. The maximum atomic E-state index is 8.94. The topological polar surface area (TPSA) is 53.0 Å². The van der Waals surface area contributed by atoms with Crippen LogP contribution in [0.25, 0.3) is 0 Å². The average Bonchev–Trinajstić information content (AvgIpc) is 2.92. The summed E-state index contributed by atoms with van der Waals surface area (Å²) in [6.45, 7) is 2.02. The fourth-order valence-electron chi connectivity index (χ4n) is 2.07. The number of hydrogen-bond donors (Lipinski definition) is 1. The van der Waals surface area contributed by atoms with Crippen molar-refractivity contribution in [3.05, 3.63) is 57.3 Å². The second kappa shape index (κ2) is 7.61. The standard InChI is InChI=1S/C17H17N3S/c1-20(12-15-5-2-4-14(10-15)11-19)13-17-16(6-3-8-18)7-9-21-17/h2,4-5,7,9-10H,8,12-13,18H2,1H3. The van der Waals surface area contributed by atoms with Crippen molar-refractivity contribution in [1.82, 2.24) is 4.90 Å². The van der Waals surface area contributed by atoms with Gasteiger partial charge in [0.25, 0.3) is 0 Å². The summed E-state index contributed by atoms with van der Waals surface area (Å²) in [6, 6.07) is 11.9. The number of nitrogens with zero attached hydrogens (tertiary/aromatic N) is 2. The van der Waals surface area contributed by atoms with E-state index in [1.165, 1.54) is 4.88 Å². The highest BCUT2D eigenvalue weighted by atomic mass is 32.1. The van der Waals surface area contributed by atoms with Gasteiger partial charge in [-0.25, -0.2) is 0 Å². The van der Waals surface area contributed by atoms with Gasteiger partial charge in [0.1, 0.15) is 0 Å². The zero-order valence-corrected chi connectivity index (χ0v) is 12.8. The molecule has 2 aromatic rings. The SMILES string of the molecule is CN(Cc1cccc(C#N)c1)Cc1sccc1C#CCN. The summed E-state index contributed by atoms with van der Waals surface area (Å²) in [6.07, 6.45) is 0. The largest absolute Gasteiger partial charge is 0.320 e. The van der Waals surface area contributed by atoms with E-state index >= 15 is 0 Å². The molecule has 0 aliphatic rings. The lowest BCUT2D eigenvalue weighted by Crippen LogP contribution is -2.17. The van der Waals surface area contributed by atoms with Gasteiger partial charge in [-0.15, -0.1) is 11.3 Å². The summed E-state index contributed by atoms with van der Waals surface area (Å²) in [7, 11) is 2.07. The van der Waals surface area contributed by atoms with Crippen molar-refractivity contribution in [2.24, 2.45) is 5.73 Å². The van der Waals surface area contributed by atoms with Gasteiger partial charge in [-0.05, 0) is 36.2 Å².